The van der Waals surface area contributed by atoms with Crippen molar-refractivity contribution in [2.75, 3.05) is 19.3 Å². The second-order valence-electron chi connectivity index (χ2n) is 7.58. The molecule has 0 saturated carbocycles. The largest absolute Gasteiger partial charge is 0.336 e. The number of ketones is 1. The molecule has 0 aliphatic carbocycles. The molecule has 6 heteroatoms. The Morgan fingerprint density at radius 1 is 1.10 bits per heavy atom. The van der Waals surface area contributed by atoms with Crippen LogP contribution in [0.4, 0.5) is 4.39 Å². The number of thioether (sulfide) groups is 1. The lowest BCUT2D eigenvalue weighted by molar-refractivity contribution is -0.145. The second kappa shape index (κ2) is 8.96. The molecule has 2 aromatic carbocycles. The van der Waals surface area contributed by atoms with Gasteiger partial charge >= 0.3 is 0 Å². The number of pyridine rings is 1. The predicted octanol–water partition coefficient (Wildman–Crippen LogP) is 4.61. The molecule has 0 atom stereocenters. The first-order valence-corrected chi connectivity index (χ1v) is 11.3. The molecule has 2 heterocycles. The van der Waals surface area contributed by atoms with Crippen molar-refractivity contribution >= 4 is 34.4 Å². The SMILES string of the molecule is CSc1ccc(CC(=O)C(=O)N2CCC(c3ccnc4ccc(F)cc34)CC2)cc1. The molecule has 30 heavy (non-hydrogen) atoms. The third-order valence-electron chi connectivity index (χ3n) is 5.72. The molecule has 1 fully saturated rings. The maximum atomic E-state index is 13.7. The van der Waals surface area contributed by atoms with Gasteiger partial charge in [0, 0.05) is 36.0 Å². The van der Waals surface area contributed by atoms with Crippen molar-refractivity contribution in [3.8, 4) is 0 Å². The highest BCUT2D eigenvalue weighted by atomic mass is 32.2. The first-order valence-electron chi connectivity index (χ1n) is 10.0. The minimum atomic E-state index is -0.409. The Kier molecular flexibility index (Phi) is 6.13. The third kappa shape index (κ3) is 4.38. The predicted molar refractivity (Wildman–Crippen MR) is 117 cm³/mol. The summed E-state index contributed by atoms with van der Waals surface area (Å²) in [7, 11) is 0. The van der Waals surface area contributed by atoms with Gasteiger partial charge in [0.15, 0.2) is 0 Å². The molecule has 3 aromatic rings. The number of carbonyl (C=O) groups excluding carboxylic acids is 2. The van der Waals surface area contributed by atoms with Crippen molar-refractivity contribution in [3.63, 3.8) is 0 Å². The standard InChI is InChI=1S/C24H23FN2O2S/c1-30-19-5-2-16(3-6-19)14-23(28)24(29)27-12-9-17(10-13-27)20-8-11-26-22-7-4-18(25)15-21(20)22/h2-8,11,15,17H,9-10,12-14H2,1H3. The number of hydrogen-bond donors (Lipinski definition) is 0. The van der Waals surface area contributed by atoms with Crippen LogP contribution in [-0.2, 0) is 16.0 Å². The molecule has 154 valence electrons. The molecule has 0 bridgehead atoms. The molecule has 4 rings (SSSR count). The fourth-order valence-electron chi connectivity index (χ4n) is 4.07. The number of amides is 1. The number of hydrogen-bond acceptors (Lipinski definition) is 4. The van der Waals surface area contributed by atoms with Crippen LogP contribution in [0.25, 0.3) is 10.9 Å². The molecule has 1 aliphatic rings. The van der Waals surface area contributed by atoms with Crippen molar-refractivity contribution in [3.05, 3.63) is 71.7 Å². The highest BCUT2D eigenvalue weighted by molar-refractivity contribution is 7.98. The van der Waals surface area contributed by atoms with Gasteiger partial charge in [-0.15, -0.1) is 11.8 Å². The van der Waals surface area contributed by atoms with Crippen LogP contribution in [0, 0.1) is 5.82 Å². The van der Waals surface area contributed by atoms with E-state index in [4.69, 9.17) is 0 Å². The molecule has 1 saturated heterocycles. The lowest BCUT2D eigenvalue weighted by atomic mass is 9.87. The van der Waals surface area contributed by atoms with Gasteiger partial charge in [-0.05, 0) is 72.5 Å². The first kappa shape index (κ1) is 20.5. The number of rotatable bonds is 5. The van der Waals surface area contributed by atoms with Crippen molar-refractivity contribution in [2.24, 2.45) is 0 Å². The third-order valence-corrected chi connectivity index (χ3v) is 6.47. The van der Waals surface area contributed by atoms with Crippen LogP contribution in [-0.4, -0.2) is 40.9 Å². The summed E-state index contributed by atoms with van der Waals surface area (Å²) in [5, 5.41) is 0.826. The lowest BCUT2D eigenvalue weighted by Gasteiger charge is -2.32. The van der Waals surface area contributed by atoms with Gasteiger partial charge in [-0.25, -0.2) is 4.39 Å². The number of benzene rings is 2. The van der Waals surface area contributed by atoms with Crippen LogP contribution in [0.15, 0.2) is 59.6 Å². The van der Waals surface area contributed by atoms with E-state index in [1.165, 1.54) is 12.1 Å². The summed E-state index contributed by atoms with van der Waals surface area (Å²) in [4.78, 5) is 32.2. The minimum Gasteiger partial charge on any atom is -0.336 e. The fraction of sp³-hybridized carbons (Fsp3) is 0.292. The lowest BCUT2D eigenvalue weighted by Crippen LogP contribution is -2.42. The molecule has 1 aromatic heterocycles. The summed E-state index contributed by atoms with van der Waals surface area (Å²) in [6.07, 6.45) is 5.37. The van der Waals surface area contributed by atoms with Crippen LogP contribution in [0.3, 0.4) is 0 Å². The zero-order valence-electron chi connectivity index (χ0n) is 16.8. The van der Waals surface area contributed by atoms with Gasteiger partial charge in [0.05, 0.1) is 5.52 Å². The smallest absolute Gasteiger partial charge is 0.290 e. The van der Waals surface area contributed by atoms with E-state index in [0.29, 0.717) is 13.1 Å². The normalized spacial score (nSPS) is 14.8. The molecule has 0 radical (unpaired) electrons. The van der Waals surface area contributed by atoms with Gasteiger partial charge in [0.25, 0.3) is 5.91 Å². The van der Waals surface area contributed by atoms with E-state index >= 15 is 0 Å². The van der Waals surface area contributed by atoms with Crippen LogP contribution in [0.2, 0.25) is 0 Å². The van der Waals surface area contributed by atoms with E-state index in [1.54, 1.807) is 28.9 Å². The first-order chi connectivity index (χ1) is 14.5. The van der Waals surface area contributed by atoms with Gasteiger partial charge in [0.2, 0.25) is 5.78 Å². The molecule has 0 unspecified atom stereocenters. The summed E-state index contributed by atoms with van der Waals surface area (Å²) in [5.41, 5.74) is 2.69. The number of nitrogens with zero attached hydrogens (tertiary/aromatic N) is 2. The topological polar surface area (TPSA) is 50.3 Å². The van der Waals surface area contributed by atoms with Crippen LogP contribution in [0.5, 0.6) is 0 Å². The summed E-state index contributed by atoms with van der Waals surface area (Å²) < 4.78 is 13.7. The maximum absolute atomic E-state index is 13.7. The Bertz CT molecular complexity index is 1080. The average Bonchev–Trinajstić information content (AvgIpc) is 2.78. The van der Waals surface area contributed by atoms with E-state index in [9.17, 15) is 14.0 Å². The number of piperidine rings is 1. The fourth-order valence-corrected chi connectivity index (χ4v) is 4.48. The number of aromatic nitrogens is 1. The number of fused-ring (bicyclic) bond motifs is 1. The van der Waals surface area contributed by atoms with E-state index in [2.05, 4.69) is 4.98 Å². The molecule has 0 spiro atoms. The Hall–Kier alpha value is -2.73. The number of Topliss-reactive ketones (excluding diaryl/α,β-unsaturated/α-hetero) is 1. The van der Waals surface area contributed by atoms with Gasteiger partial charge in [-0.2, -0.15) is 0 Å². The zero-order valence-corrected chi connectivity index (χ0v) is 17.6. The second-order valence-corrected chi connectivity index (χ2v) is 8.46. The maximum Gasteiger partial charge on any atom is 0.290 e. The molecule has 4 nitrogen and oxygen atoms in total. The molecule has 0 N–H and O–H groups in total. The zero-order chi connectivity index (χ0) is 21.1. The van der Waals surface area contributed by atoms with Crippen molar-refractivity contribution in [2.45, 2.75) is 30.1 Å². The Labute approximate surface area is 179 Å². The van der Waals surface area contributed by atoms with Gasteiger partial charge < -0.3 is 4.90 Å². The summed E-state index contributed by atoms with van der Waals surface area (Å²) >= 11 is 1.64. The van der Waals surface area contributed by atoms with Gasteiger partial charge in [-0.1, -0.05) is 12.1 Å². The van der Waals surface area contributed by atoms with Gasteiger partial charge in [0.1, 0.15) is 5.82 Å². The average molecular weight is 423 g/mol. The van der Waals surface area contributed by atoms with E-state index < -0.39 is 5.91 Å². The number of carbonyl (C=O) groups is 2. The van der Waals surface area contributed by atoms with Crippen LogP contribution < -0.4 is 0 Å². The molecular formula is C24H23FN2O2S. The highest BCUT2D eigenvalue weighted by Gasteiger charge is 2.28. The van der Waals surface area contributed by atoms with Gasteiger partial charge in [-0.3, -0.25) is 14.6 Å². The van der Waals surface area contributed by atoms with Crippen molar-refractivity contribution in [1.82, 2.24) is 9.88 Å². The Balaban J connectivity index is 1.40. The van der Waals surface area contributed by atoms with Crippen molar-refractivity contribution < 1.29 is 14.0 Å². The van der Waals surface area contributed by atoms with Crippen molar-refractivity contribution in [1.29, 1.82) is 0 Å². The monoisotopic (exact) mass is 422 g/mol. The number of likely N-dealkylation sites (tertiary alicyclic amines) is 1. The molecule has 1 aliphatic heterocycles. The summed E-state index contributed by atoms with van der Waals surface area (Å²) in [6, 6.07) is 14.3. The number of halogens is 1. The minimum absolute atomic E-state index is 0.127. The Morgan fingerprint density at radius 3 is 2.53 bits per heavy atom. The van der Waals surface area contributed by atoms with Crippen LogP contribution >= 0.6 is 11.8 Å². The molecule has 1 amide bonds. The quantitative estimate of drug-likeness (QED) is 0.445. The van der Waals surface area contributed by atoms with E-state index in [0.717, 1.165) is 39.8 Å². The Morgan fingerprint density at radius 2 is 1.83 bits per heavy atom. The molecular weight excluding hydrogens is 399 g/mol. The summed E-state index contributed by atoms with van der Waals surface area (Å²) in [5.74, 6) is -0.842. The van der Waals surface area contributed by atoms with Crippen LogP contribution in [0.1, 0.15) is 29.9 Å². The van der Waals surface area contributed by atoms with E-state index in [-0.39, 0.29) is 23.9 Å². The van der Waals surface area contributed by atoms with E-state index in [1.807, 2.05) is 36.6 Å². The summed E-state index contributed by atoms with van der Waals surface area (Å²) in [6.45, 7) is 1.06. The highest BCUT2D eigenvalue weighted by Crippen LogP contribution is 2.32.